The van der Waals surface area contributed by atoms with Gasteiger partial charge in [0.25, 0.3) is 0 Å². The van der Waals surface area contributed by atoms with E-state index in [2.05, 4.69) is 4.98 Å². The van der Waals surface area contributed by atoms with Crippen LogP contribution in [-0.4, -0.2) is 17.9 Å². The number of Topliss-reactive ketones (excluding diaryl/α,β-unsaturated/α-hetero) is 1. The van der Waals surface area contributed by atoms with Gasteiger partial charge in [0.2, 0.25) is 5.78 Å². The molecule has 0 saturated heterocycles. The van der Waals surface area contributed by atoms with Gasteiger partial charge >= 0.3 is 0 Å². The predicted octanol–water partition coefficient (Wildman–Crippen LogP) is 4.11. The number of aromatic amines is 1. The minimum atomic E-state index is -0.429. The summed E-state index contributed by atoms with van der Waals surface area (Å²) in [6.45, 7) is 0. The van der Waals surface area contributed by atoms with Gasteiger partial charge in [0.1, 0.15) is 23.2 Å². The number of benzene rings is 2. The summed E-state index contributed by atoms with van der Waals surface area (Å²) in [5.41, 5.74) is 1.45. The number of nitriles is 1. The number of ketones is 1. The maximum absolute atomic E-state index is 13.3. The van der Waals surface area contributed by atoms with Crippen molar-refractivity contribution < 1.29 is 13.9 Å². The van der Waals surface area contributed by atoms with Gasteiger partial charge in [-0.3, -0.25) is 4.79 Å². The third-order valence-electron chi connectivity index (χ3n) is 3.69. The van der Waals surface area contributed by atoms with Crippen molar-refractivity contribution in [3.63, 3.8) is 0 Å². The molecule has 1 N–H and O–H groups in total. The number of nitrogens with zero attached hydrogens (tertiary/aromatic N) is 1. The van der Waals surface area contributed by atoms with Crippen molar-refractivity contribution in [3.05, 3.63) is 71.2 Å². The number of rotatable bonds is 4. The highest BCUT2D eigenvalue weighted by Crippen LogP contribution is 2.25. The third-order valence-corrected chi connectivity index (χ3v) is 3.69. The monoisotopic (exact) mass is 320 g/mol. The number of aromatic nitrogens is 1. The number of fused-ring (bicyclic) bond motifs is 1. The van der Waals surface area contributed by atoms with Crippen LogP contribution < -0.4 is 4.74 Å². The van der Waals surface area contributed by atoms with Crippen LogP contribution in [0.5, 0.6) is 5.75 Å². The highest BCUT2D eigenvalue weighted by molar-refractivity contribution is 6.19. The number of hydrogen-bond donors (Lipinski definition) is 1. The van der Waals surface area contributed by atoms with E-state index < -0.39 is 11.6 Å². The first-order valence-electron chi connectivity index (χ1n) is 7.20. The molecule has 0 radical (unpaired) electrons. The molecule has 2 aromatic carbocycles. The summed E-state index contributed by atoms with van der Waals surface area (Å²) in [7, 11) is 1.52. The predicted molar refractivity (Wildman–Crippen MR) is 89.2 cm³/mol. The molecule has 0 atom stereocenters. The number of ether oxygens (including phenoxy) is 1. The summed E-state index contributed by atoms with van der Waals surface area (Å²) in [6, 6.07) is 13.1. The number of methoxy groups -OCH3 is 1. The van der Waals surface area contributed by atoms with E-state index in [1.807, 2.05) is 6.07 Å². The summed E-state index contributed by atoms with van der Waals surface area (Å²) < 4.78 is 18.5. The van der Waals surface area contributed by atoms with E-state index in [9.17, 15) is 14.4 Å². The maximum atomic E-state index is 13.3. The molecule has 1 heterocycles. The van der Waals surface area contributed by atoms with Crippen LogP contribution in [-0.2, 0) is 0 Å². The lowest BCUT2D eigenvalue weighted by Crippen LogP contribution is -2.01. The smallest absolute Gasteiger partial charge is 0.205 e. The maximum Gasteiger partial charge on any atom is 0.205 e. The minimum absolute atomic E-state index is 0.0234. The van der Waals surface area contributed by atoms with Crippen molar-refractivity contribution in [3.8, 4) is 11.8 Å². The molecule has 0 aliphatic heterocycles. The van der Waals surface area contributed by atoms with Crippen molar-refractivity contribution in [1.29, 1.82) is 5.26 Å². The van der Waals surface area contributed by atoms with E-state index in [0.29, 0.717) is 27.8 Å². The lowest BCUT2D eigenvalue weighted by atomic mass is 10.0. The number of carbonyl (C=O) groups is 1. The third kappa shape index (κ3) is 2.77. The van der Waals surface area contributed by atoms with E-state index in [-0.39, 0.29) is 5.57 Å². The van der Waals surface area contributed by atoms with Crippen LogP contribution in [0.2, 0.25) is 0 Å². The van der Waals surface area contributed by atoms with Gasteiger partial charge < -0.3 is 9.72 Å². The first-order valence-corrected chi connectivity index (χ1v) is 7.20. The summed E-state index contributed by atoms with van der Waals surface area (Å²) in [5, 5.41) is 9.96. The first-order chi connectivity index (χ1) is 11.6. The number of hydrogen-bond acceptors (Lipinski definition) is 3. The second kappa shape index (κ2) is 6.39. The van der Waals surface area contributed by atoms with Crippen LogP contribution in [0, 0.1) is 17.1 Å². The molecule has 3 rings (SSSR count). The van der Waals surface area contributed by atoms with Gasteiger partial charge in [-0.15, -0.1) is 0 Å². The van der Waals surface area contributed by atoms with E-state index in [0.717, 1.165) is 0 Å². The number of halogens is 1. The molecule has 3 aromatic rings. The van der Waals surface area contributed by atoms with Crippen LogP contribution >= 0.6 is 0 Å². The molecule has 0 saturated carbocycles. The van der Waals surface area contributed by atoms with Crippen LogP contribution in [0.15, 0.2) is 54.2 Å². The van der Waals surface area contributed by atoms with E-state index >= 15 is 0 Å². The fraction of sp³-hybridized carbons (Fsp3) is 0.0526. The molecule has 0 amide bonds. The molecule has 24 heavy (non-hydrogen) atoms. The molecule has 0 aliphatic carbocycles. The van der Waals surface area contributed by atoms with Gasteiger partial charge in [0, 0.05) is 28.2 Å². The molecule has 118 valence electrons. The van der Waals surface area contributed by atoms with Crippen LogP contribution in [0.4, 0.5) is 4.39 Å². The zero-order valence-electron chi connectivity index (χ0n) is 12.8. The van der Waals surface area contributed by atoms with Gasteiger partial charge in [0.15, 0.2) is 0 Å². The van der Waals surface area contributed by atoms with Gasteiger partial charge in [-0.2, -0.15) is 5.26 Å². The second-order valence-corrected chi connectivity index (χ2v) is 5.13. The molecule has 0 bridgehead atoms. The molecule has 1 aromatic heterocycles. The minimum Gasteiger partial charge on any atom is -0.496 e. The molecular formula is C19H13FN2O2. The van der Waals surface area contributed by atoms with Gasteiger partial charge in [-0.25, -0.2) is 4.39 Å². The Hall–Kier alpha value is -3.39. The molecular weight excluding hydrogens is 307 g/mol. The average molecular weight is 320 g/mol. The molecule has 0 fully saturated rings. The van der Waals surface area contributed by atoms with Crippen molar-refractivity contribution in [2.24, 2.45) is 0 Å². The lowest BCUT2D eigenvalue weighted by molar-refractivity contribution is 0.104. The van der Waals surface area contributed by atoms with Crippen molar-refractivity contribution >= 4 is 22.8 Å². The van der Waals surface area contributed by atoms with Crippen molar-refractivity contribution in [2.75, 3.05) is 7.11 Å². The highest BCUT2D eigenvalue weighted by Gasteiger charge is 2.17. The highest BCUT2D eigenvalue weighted by atomic mass is 19.1. The normalized spacial score (nSPS) is 11.3. The fourth-order valence-electron chi connectivity index (χ4n) is 2.52. The van der Waals surface area contributed by atoms with E-state index in [1.54, 1.807) is 24.3 Å². The Labute approximate surface area is 137 Å². The Morgan fingerprint density at radius 2 is 2.08 bits per heavy atom. The fourth-order valence-corrected chi connectivity index (χ4v) is 2.52. The summed E-state index contributed by atoms with van der Waals surface area (Å²) in [5.74, 6) is -0.256. The zero-order chi connectivity index (χ0) is 17.1. The second-order valence-electron chi connectivity index (χ2n) is 5.13. The molecule has 0 unspecified atom stereocenters. The van der Waals surface area contributed by atoms with E-state index in [1.165, 1.54) is 37.6 Å². The number of allylic oxidation sites excluding steroid dienone is 1. The zero-order valence-corrected chi connectivity index (χ0v) is 12.8. The summed E-state index contributed by atoms with van der Waals surface area (Å²) >= 11 is 0. The molecule has 0 aliphatic rings. The van der Waals surface area contributed by atoms with Crippen LogP contribution in [0.1, 0.15) is 15.9 Å². The van der Waals surface area contributed by atoms with Crippen molar-refractivity contribution in [2.45, 2.75) is 0 Å². The topological polar surface area (TPSA) is 65.9 Å². The lowest BCUT2D eigenvalue weighted by Gasteiger charge is -2.04. The van der Waals surface area contributed by atoms with Crippen LogP contribution in [0.3, 0.4) is 0 Å². The molecule has 4 nitrogen and oxygen atoms in total. The first kappa shape index (κ1) is 15.5. The number of H-pyrrole nitrogens is 1. The van der Waals surface area contributed by atoms with Gasteiger partial charge in [-0.1, -0.05) is 18.2 Å². The Balaban J connectivity index is 2.06. The van der Waals surface area contributed by atoms with Gasteiger partial charge in [0.05, 0.1) is 7.11 Å². The standard InChI is InChI=1S/C19H13FN2O2/c1-24-18-5-3-2-4-12(18)8-13(10-21)19(23)16-11-22-17-9-14(20)6-7-15(16)17/h2-9,11,22H,1H3/b13-8+. The van der Waals surface area contributed by atoms with Crippen molar-refractivity contribution in [1.82, 2.24) is 4.98 Å². The van der Waals surface area contributed by atoms with Crippen LogP contribution in [0.25, 0.3) is 17.0 Å². The Morgan fingerprint density at radius 3 is 2.83 bits per heavy atom. The number of carbonyl (C=O) groups excluding carboxylic acids is 1. The largest absolute Gasteiger partial charge is 0.496 e. The number of para-hydroxylation sites is 1. The molecule has 5 heteroatoms. The Bertz CT molecular complexity index is 996. The average Bonchev–Trinajstić information content (AvgIpc) is 3.02. The SMILES string of the molecule is COc1ccccc1/C=C(\C#N)C(=O)c1c[nH]c2cc(F)ccc12. The molecule has 0 spiro atoms. The summed E-state index contributed by atoms with van der Waals surface area (Å²) in [4.78, 5) is 15.5. The van der Waals surface area contributed by atoms with E-state index in [4.69, 9.17) is 4.74 Å². The number of nitrogens with one attached hydrogen (secondary N) is 1. The van der Waals surface area contributed by atoms with Gasteiger partial charge in [-0.05, 0) is 30.3 Å². The Morgan fingerprint density at radius 1 is 1.29 bits per heavy atom. The Kier molecular flexibility index (Phi) is 4.13. The summed E-state index contributed by atoms with van der Waals surface area (Å²) in [6.07, 6.45) is 2.98. The quantitative estimate of drug-likeness (QED) is 0.447.